The van der Waals surface area contributed by atoms with E-state index >= 15 is 0 Å². The zero-order valence-corrected chi connectivity index (χ0v) is 14.4. The van der Waals surface area contributed by atoms with Gasteiger partial charge in [0.05, 0.1) is 11.9 Å². The van der Waals surface area contributed by atoms with Gasteiger partial charge in [-0.1, -0.05) is 0 Å². The molecule has 0 radical (unpaired) electrons. The van der Waals surface area contributed by atoms with Crippen molar-refractivity contribution in [2.75, 3.05) is 31.1 Å². The average Bonchev–Trinajstić information content (AvgIpc) is 2.91. The van der Waals surface area contributed by atoms with Crippen LogP contribution in [0.25, 0.3) is 0 Å². The fraction of sp³-hybridized carbons (Fsp3) is 0.667. The minimum atomic E-state index is -0.420. The highest BCUT2D eigenvalue weighted by molar-refractivity contribution is 5.68. The van der Waals surface area contributed by atoms with Gasteiger partial charge in [0.25, 0.3) is 0 Å². The number of amides is 1. The summed E-state index contributed by atoms with van der Waals surface area (Å²) in [5.41, 5.74) is 1.05. The first-order valence-corrected chi connectivity index (χ1v) is 8.50. The summed E-state index contributed by atoms with van der Waals surface area (Å²) in [6, 6.07) is 4.10. The van der Waals surface area contributed by atoms with Gasteiger partial charge in [-0.15, -0.1) is 0 Å². The Morgan fingerprint density at radius 1 is 1.22 bits per heavy atom. The Kier molecular flexibility index (Phi) is 4.21. The van der Waals surface area contributed by atoms with Crippen molar-refractivity contribution in [3.05, 3.63) is 24.5 Å². The molecule has 3 heterocycles. The smallest absolute Gasteiger partial charge is 0.410 e. The van der Waals surface area contributed by atoms with Gasteiger partial charge in [-0.25, -0.2) is 4.79 Å². The molecule has 1 amide bonds. The Bertz CT molecular complexity index is 545. The molecule has 1 aromatic rings. The van der Waals surface area contributed by atoms with Crippen LogP contribution in [0, 0.1) is 5.41 Å². The van der Waals surface area contributed by atoms with E-state index in [-0.39, 0.29) is 11.5 Å². The molecule has 0 bridgehead atoms. The Morgan fingerprint density at radius 3 is 2.52 bits per heavy atom. The molecule has 126 valence electrons. The predicted octanol–water partition coefficient (Wildman–Crippen LogP) is 3.31. The van der Waals surface area contributed by atoms with Crippen LogP contribution in [0.5, 0.6) is 0 Å². The molecular weight excluding hydrogens is 290 g/mol. The van der Waals surface area contributed by atoms with Gasteiger partial charge in [-0.2, -0.15) is 0 Å². The van der Waals surface area contributed by atoms with Crippen LogP contribution in [0.2, 0.25) is 0 Å². The van der Waals surface area contributed by atoms with Gasteiger partial charge < -0.3 is 14.5 Å². The molecule has 5 heteroatoms. The molecule has 5 nitrogen and oxygen atoms in total. The standard InChI is InChI=1S/C18H27N3O2/c1-17(2,3)23-16(22)21-12-8-18(14-21)6-10-20(11-7-18)15-5-4-9-19-13-15/h4-5,9,13H,6-8,10-12,14H2,1-3H3. The minimum absolute atomic E-state index is 0.163. The lowest BCUT2D eigenvalue weighted by Gasteiger charge is -2.40. The van der Waals surface area contributed by atoms with Crippen LogP contribution in [-0.2, 0) is 4.74 Å². The fourth-order valence-electron chi connectivity index (χ4n) is 3.61. The normalized spacial score (nSPS) is 20.8. The number of nitrogens with zero attached hydrogens (tertiary/aromatic N) is 3. The van der Waals surface area contributed by atoms with Crippen molar-refractivity contribution in [1.29, 1.82) is 0 Å². The molecule has 0 N–H and O–H groups in total. The van der Waals surface area contributed by atoms with Crippen molar-refractivity contribution in [3.63, 3.8) is 0 Å². The molecule has 1 spiro atoms. The molecule has 2 saturated heterocycles. The fourth-order valence-corrected chi connectivity index (χ4v) is 3.61. The van der Waals surface area contributed by atoms with E-state index in [2.05, 4.69) is 16.0 Å². The second-order valence-corrected chi connectivity index (χ2v) is 7.85. The van der Waals surface area contributed by atoms with Crippen LogP contribution in [0.15, 0.2) is 24.5 Å². The van der Waals surface area contributed by atoms with Crippen molar-refractivity contribution in [3.8, 4) is 0 Å². The molecule has 2 aliphatic heterocycles. The SMILES string of the molecule is CC(C)(C)OC(=O)N1CCC2(CCN(c3cccnc3)CC2)C1. The zero-order chi connectivity index (χ0) is 16.5. The van der Waals surface area contributed by atoms with E-state index in [1.54, 1.807) is 0 Å². The van der Waals surface area contributed by atoms with Gasteiger partial charge in [0.1, 0.15) is 5.60 Å². The van der Waals surface area contributed by atoms with Gasteiger partial charge >= 0.3 is 6.09 Å². The van der Waals surface area contributed by atoms with Crippen LogP contribution >= 0.6 is 0 Å². The Hall–Kier alpha value is -1.78. The molecular formula is C18H27N3O2. The summed E-state index contributed by atoms with van der Waals surface area (Å²) >= 11 is 0. The lowest BCUT2D eigenvalue weighted by atomic mass is 9.77. The second-order valence-electron chi connectivity index (χ2n) is 7.85. The molecule has 2 fully saturated rings. The Balaban J connectivity index is 1.56. The quantitative estimate of drug-likeness (QED) is 0.797. The molecule has 0 unspecified atom stereocenters. The van der Waals surface area contributed by atoms with E-state index in [0.717, 1.165) is 45.4 Å². The highest BCUT2D eigenvalue weighted by Crippen LogP contribution is 2.41. The van der Waals surface area contributed by atoms with Gasteiger partial charge in [-0.05, 0) is 57.6 Å². The van der Waals surface area contributed by atoms with E-state index in [1.807, 2.05) is 44.1 Å². The Labute approximate surface area is 138 Å². The zero-order valence-electron chi connectivity index (χ0n) is 14.4. The number of carbonyl (C=O) groups is 1. The van der Waals surface area contributed by atoms with Crippen LogP contribution in [0.1, 0.15) is 40.0 Å². The summed E-state index contributed by atoms with van der Waals surface area (Å²) in [6.45, 7) is 9.49. The van der Waals surface area contributed by atoms with Crippen molar-refractivity contribution in [2.24, 2.45) is 5.41 Å². The third-order valence-corrected chi connectivity index (χ3v) is 4.93. The topological polar surface area (TPSA) is 45.7 Å². The number of aromatic nitrogens is 1. The summed E-state index contributed by atoms with van der Waals surface area (Å²) in [5.74, 6) is 0. The van der Waals surface area contributed by atoms with Gasteiger partial charge in [-0.3, -0.25) is 4.98 Å². The monoisotopic (exact) mass is 317 g/mol. The van der Waals surface area contributed by atoms with E-state index in [0.29, 0.717) is 0 Å². The second kappa shape index (κ2) is 6.02. The van der Waals surface area contributed by atoms with E-state index < -0.39 is 5.60 Å². The number of likely N-dealkylation sites (tertiary alicyclic amines) is 1. The third kappa shape index (κ3) is 3.77. The van der Waals surface area contributed by atoms with Gasteiger partial charge in [0, 0.05) is 32.4 Å². The molecule has 1 aromatic heterocycles. The van der Waals surface area contributed by atoms with E-state index in [9.17, 15) is 4.79 Å². The number of pyridine rings is 1. The molecule has 0 aromatic carbocycles. The summed E-state index contributed by atoms with van der Waals surface area (Å²) in [5, 5.41) is 0. The number of hydrogen-bond acceptors (Lipinski definition) is 4. The van der Waals surface area contributed by atoms with Crippen LogP contribution in [0.4, 0.5) is 10.5 Å². The number of ether oxygens (including phenoxy) is 1. The molecule has 0 atom stereocenters. The average molecular weight is 317 g/mol. The largest absolute Gasteiger partial charge is 0.444 e. The highest BCUT2D eigenvalue weighted by atomic mass is 16.6. The van der Waals surface area contributed by atoms with Crippen molar-refractivity contribution in [2.45, 2.75) is 45.6 Å². The summed E-state index contributed by atoms with van der Waals surface area (Å²) < 4.78 is 5.51. The highest BCUT2D eigenvalue weighted by Gasteiger charge is 2.43. The first-order chi connectivity index (χ1) is 10.9. The van der Waals surface area contributed by atoms with E-state index in [4.69, 9.17) is 4.74 Å². The van der Waals surface area contributed by atoms with Crippen LogP contribution in [0.3, 0.4) is 0 Å². The molecule has 3 rings (SSSR count). The van der Waals surface area contributed by atoms with Crippen LogP contribution < -0.4 is 4.90 Å². The van der Waals surface area contributed by atoms with E-state index in [1.165, 1.54) is 5.69 Å². The lowest BCUT2D eigenvalue weighted by molar-refractivity contribution is 0.0266. The minimum Gasteiger partial charge on any atom is -0.444 e. The van der Waals surface area contributed by atoms with Gasteiger partial charge in [0.2, 0.25) is 0 Å². The summed E-state index contributed by atoms with van der Waals surface area (Å²) in [7, 11) is 0. The molecule has 2 aliphatic rings. The maximum absolute atomic E-state index is 12.3. The Morgan fingerprint density at radius 2 is 1.91 bits per heavy atom. The summed E-state index contributed by atoms with van der Waals surface area (Å²) in [6.07, 6.45) is 6.92. The number of hydrogen-bond donors (Lipinski definition) is 0. The van der Waals surface area contributed by atoms with Crippen molar-refractivity contribution >= 4 is 11.8 Å². The van der Waals surface area contributed by atoms with Gasteiger partial charge in [0.15, 0.2) is 0 Å². The van der Waals surface area contributed by atoms with Crippen molar-refractivity contribution < 1.29 is 9.53 Å². The third-order valence-electron chi connectivity index (χ3n) is 4.93. The maximum Gasteiger partial charge on any atom is 0.410 e. The summed E-state index contributed by atoms with van der Waals surface area (Å²) in [4.78, 5) is 20.8. The first-order valence-electron chi connectivity index (χ1n) is 8.50. The molecule has 0 aliphatic carbocycles. The maximum atomic E-state index is 12.3. The van der Waals surface area contributed by atoms with Crippen LogP contribution in [-0.4, -0.2) is 47.8 Å². The first kappa shape index (κ1) is 16.1. The van der Waals surface area contributed by atoms with Crippen molar-refractivity contribution in [1.82, 2.24) is 9.88 Å². The molecule has 23 heavy (non-hydrogen) atoms. The molecule has 0 saturated carbocycles. The number of carbonyl (C=O) groups excluding carboxylic acids is 1. The number of anilines is 1. The predicted molar refractivity (Wildman–Crippen MR) is 90.5 cm³/mol. The number of piperidine rings is 1. The number of rotatable bonds is 1. The lowest BCUT2D eigenvalue weighted by Crippen LogP contribution is -2.43.